The van der Waals surface area contributed by atoms with E-state index in [4.69, 9.17) is 10.5 Å². The highest BCUT2D eigenvalue weighted by Crippen LogP contribution is 2.27. The van der Waals surface area contributed by atoms with Crippen LogP contribution in [0.2, 0.25) is 0 Å². The largest absolute Gasteiger partial charge is 0.489 e. The lowest BCUT2D eigenvalue weighted by atomic mass is 10.1. The number of hydrogen-bond acceptors (Lipinski definition) is 2. The molecule has 1 atom stereocenters. The Balaban J connectivity index is 2.00. The van der Waals surface area contributed by atoms with Crippen LogP contribution in [0.5, 0.6) is 5.75 Å². The summed E-state index contributed by atoms with van der Waals surface area (Å²) in [4.78, 5) is 0. The van der Waals surface area contributed by atoms with Crippen LogP contribution in [0, 0.1) is 0 Å². The average molecular weight is 332 g/mol. The van der Waals surface area contributed by atoms with Crippen LogP contribution >= 0.6 is 15.9 Å². The molecule has 104 valence electrons. The summed E-state index contributed by atoms with van der Waals surface area (Å²) in [5.41, 5.74) is 8.13. The van der Waals surface area contributed by atoms with Crippen molar-refractivity contribution < 1.29 is 4.74 Å². The maximum absolute atomic E-state index is 5.95. The van der Waals surface area contributed by atoms with Gasteiger partial charge in [-0.05, 0) is 30.7 Å². The van der Waals surface area contributed by atoms with Crippen LogP contribution in [-0.2, 0) is 0 Å². The lowest BCUT2D eigenvalue weighted by molar-refractivity contribution is 0.357. The van der Waals surface area contributed by atoms with E-state index in [1.54, 1.807) is 0 Å². The molecule has 1 unspecified atom stereocenters. The second-order valence-corrected chi connectivity index (χ2v) is 5.51. The van der Waals surface area contributed by atoms with Gasteiger partial charge in [-0.3, -0.25) is 0 Å². The Labute approximate surface area is 128 Å². The van der Waals surface area contributed by atoms with Crippen LogP contribution in [0.4, 0.5) is 0 Å². The normalized spacial score (nSPS) is 12.6. The van der Waals surface area contributed by atoms with Gasteiger partial charge in [-0.2, -0.15) is 0 Å². The van der Waals surface area contributed by atoms with Crippen LogP contribution in [0.3, 0.4) is 0 Å². The van der Waals surface area contributed by atoms with Crippen molar-refractivity contribution in [3.63, 3.8) is 0 Å². The SMILES string of the molecule is CC(N)c1ccc(Br)cc1OC/C=C/c1ccccc1. The molecule has 0 amide bonds. The van der Waals surface area contributed by atoms with Crippen molar-refractivity contribution in [2.75, 3.05) is 6.61 Å². The lowest BCUT2D eigenvalue weighted by Crippen LogP contribution is -2.08. The highest BCUT2D eigenvalue weighted by Gasteiger charge is 2.08. The summed E-state index contributed by atoms with van der Waals surface area (Å²) in [7, 11) is 0. The quantitative estimate of drug-likeness (QED) is 0.871. The molecule has 2 rings (SSSR count). The number of halogens is 1. The first-order chi connectivity index (χ1) is 9.66. The van der Waals surface area contributed by atoms with Gasteiger partial charge in [-0.1, -0.05) is 58.4 Å². The first-order valence-corrected chi connectivity index (χ1v) is 7.35. The van der Waals surface area contributed by atoms with Gasteiger partial charge in [0.25, 0.3) is 0 Å². The minimum absolute atomic E-state index is 0.0452. The molecular formula is C17H18BrNO. The molecule has 0 spiro atoms. The zero-order valence-electron chi connectivity index (χ0n) is 11.4. The van der Waals surface area contributed by atoms with Crippen molar-refractivity contribution in [1.82, 2.24) is 0 Å². The van der Waals surface area contributed by atoms with E-state index in [1.807, 2.05) is 55.5 Å². The fourth-order valence-corrected chi connectivity index (χ4v) is 2.24. The third-order valence-corrected chi connectivity index (χ3v) is 3.40. The summed E-state index contributed by atoms with van der Waals surface area (Å²) >= 11 is 3.45. The van der Waals surface area contributed by atoms with Crippen LogP contribution < -0.4 is 10.5 Å². The van der Waals surface area contributed by atoms with Crippen LogP contribution in [0.1, 0.15) is 24.1 Å². The molecule has 2 aromatic rings. The van der Waals surface area contributed by atoms with Gasteiger partial charge in [0.05, 0.1) is 0 Å². The van der Waals surface area contributed by atoms with Crippen molar-refractivity contribution in [1.29, 1.82) is 0 Å². The Bertz CT molecular complexity index is 579. The molecule has 0 aliphatic rings. The molecule has 20 heavy (non-hydrogen) atoms. The highest BCUT2D eigenvalue weighted by atomic mass is 79.9. The smallest absolute Gasteiger partial charge is 0.125 e. The third kappa shape index (κ3) is 4.22. The second-order valence-electron chi connectivity index (χ2n) is 4.59. The van der Waals surface area contributed by atoms with Gasteiger partial charge < -0.3 is 10.5 Å². The van der Waals surface area contributed by atoms with Gasteiger partial charge in [-0.25, -0.2) is 0 Å². The Morgan fingerprint density at radius 3 is 2.65 bits per heavy atom. The van der Waals surface area contributed by atoms with Crippen molar-refractivity contribution in [3.8, 4) is 5.75 Å². The van der Waals surface area contributed by atoms with E-state index in [2.05, 4.69) is 28.1 Å². The van der Waals surface area contributed by atoms with Crippen LogP contribution in [0.15, 0.2) is 59.1 Å². The van der Waals surface area contributed by atoms with Crippen molar-refractivity contribution in [2.45, 2.75) is 13.0 Å². The summed E-state index contributed by atoms with van der Waals surface area (Å²) in [6.45, 7) is 2.47. The molecule has 0 aliphatic heterocycles. The highest BCUT2D eigenvalue weighted by molar-refractivity contribution is 9.10. The first kappa shape index (κ1) is 14.8. The molecule has 0 saturated heterocycles. The van der Waals surface area contributed by atoms with Gasteiger partial charge in [-0.15, -0.1) is 0 Å². The van der Waals surface area contributed by atoms with E-state index in [0.29, 0.717) is 6.61 Å². The standard InChI is InChI=1S/C17H18BrNO/c1-13(19)16-10-9-15(18)12-17(16)20-11-5-8-14-6-3-2-4-7-14/h2-10,12-13H,11,19H2,1H3/b8-5+. The maximum atomic E-state index is 5.95. The molecule has 2 aromatic carbocycles. The van der Waals surface area contributed by atoms with Crippen LogP contribution in [0.25, 0.3) is 6.08 Å². The molecule has 2 nitrogen and oxygen atoms in total. The van der Waals surface area contributed by atoms with E-state index in [0.717, 1.165) is 21.3 Å². The summed E-state index contributed by atoms with van der Waals surface area (Å²) in [5.74, 6) is 0.826. The zero-order chi connectivity index (χ0) is 14.4. The monoisotopic (exact) mass is 331 g/mol. The molecule has 0 aliphatic carbocycles. The summed E-state index contributed by atoms with van der Waals surface area (Å²) in [6.07, 6.45) is 4.05. The molecule has 0 heterocycles. The van der Waals surface area contributed by atoms with Gasteiger partial charge >= 0.3 is 0 Å². The molecule has 0 bridgehead atoms. The fourth-order valence-electron chi connectivity index (χ4n) is 1.90. The van der Waals surface area contributed by atoms with Crippen molar-refractivity contribution in [3.05, 3.63) is 70.2 Å². The number of benzene rings is 2. The minimum Gasteiger partial charge on any atom is -0.489 e. The van der Waals surface area contributed by atoms with Gasteiger partial charge in [0.1, 0.15) is 12.4 Å². The molecule has 0 aromatic heterocycles. The summed E-state index contributed by atoms with van der Waals surface area (Å²) in [6, 6.07) is 16.0. The van der Waals surface area contributed by atoms with Crippen molar-refractivity contribution in [2.24, 2.45) is 5.73 Å². The minimum atomic E-state index is -0.0452. The Kier molecular flexibility index (Phi) is 5.39. The van der Waals surface area contributed by atoms with Gasteiger partial charge in [0, 0.05) is 16.1 Å². The molecule has 0 radical (unpaired) electrons. The molecule has 0 saturated carbocycles. The van der Waals surface area contributed by atoms with E-state index >= 15 is 0 Å². The topological polar surface area (TPSA) is 35.2 Å². The van der Waals surface area contributed by atoms with E-state index in [-0.39, 0.29) is 6.04 Å². The van der Waals surface area contributed by atoms with Crippen LogP contribution in [-0.4, -0.2) is 6.61 Å². The van der Waals surface area contributed by atoms with Crippen molar-refractivity contribution >= 4 is 22.0 Å². The molecule has 2 N–H and O–H groups in total. The molecular weight excluding hydrogens is 314 g/mol. The summed E-state index contributed by atoms with van der Waals surface area (Å²) in [5, 5.41) is 0. The Hall–Kier alpha value is -1.58. The molecule has 3 heteroatoms. The Morgan fingerprint density at radius 2 is 1.95 bits per heavy atom. The predicted molar refractivity (Wildman–Crippen MR) is 87.7 cm³/mol. The number of rotatable bonds is 5. The zero-order valence-corrected chi connectivity index (χ0v) is 13.0. The lowest BCUT2D eigenvalue weighted by Gasteiger charge is -2.13. The van der Waals surface area contributed by atoms with E-state index in [9.17, 15) is 0 Å². The number of ether oxygens (including phenoxy) is 1. The number of hydrogen-bond donors (Lipinski definition) is 1. The second kappa shape index (κ2) is 7.27. The molecule has 0 fully saturated rings. The van der Waals surface area contributed by atoms with E-state index in [1.165, 1.54) is 0 Å². The fraction of sp³-hybridized carbons (Fsp3) is 0.176. The van der Waals surface area contributed by atoms with E-state index < -0.39 is 0 Å². The first-order valence-electron chi connectivity index (χ1n) is 6.56. The van der Waals surface area contributed by atoms with Gasteiger partial charge in [0.2, 0.25) is 0 Å². The Morgan fingerprint density at radius 1 is 1.20 bits per heavy atom. The average Bonchev–Trinajstić information content (AvgIpc) is 2.44. The number of nitrogens with two attached hydrogens (primary N) is 1. The maximum Gasteiger partial charge on any atom is 0.125 e. The summed E-state index contributed by atoms with van der Waals surface area (Å²) < 4.78 is 6.79. The predicted octanol–water partition coefficient (Wildman–Crippen LogP) is 4.56. The third-order valence-electron chi connectivity index (χ3n) is 2.91. The van der Waals surface area contributed by atoms with Gasteiger partial charge in [0.15, 0.2) is 0 Å².